The van der Waals surface area contributed by atoms with Crippen molar-refractivity contribution in [3.8, 4) is 6.07 Å². The fourth-order valence-electron chi connectivity index (χ4n) is 1.65. The number of nitrogens with one attached hydrogen (secondary N) is 1. The van der Waals surface area contributed by atoms with Gasteiger partial charge in [0, 0.05) is 13.2 Å². The summed E-state index contributed by atoms with van der Waals surface area (Å²) in [5.74, 6) is 0.549. The molecule has 0 aromatic carbocycles. The summed E-state index contributed by atoms with van der Waals surface area (Å²) in [4.78, 5) is 25.1. The molecule has 1 N–H and O–H groups in total. The highest BCUT2D eigenvalue weighted by molar-refractivity contribution is 5.22. The molecule has 2 aromatic rings. The molecular formula is C10H10N6O2. The van der Waals surface area contributed by atoms with E-state index in [0.717, 1.165) is 0 Å². The summed E-state index contributed by atoms with van der Waals surface area (Å²) in [7, 11) is 1.74. The van der Waals surface area contributed by atoms with Crippen LogP contribution in [-0.2, 0) is 7.05 Å². The highest BCUT2D eigenvalue weighted by Gasteiger charge is 2.16. The fourth-order valence-corrected chi connectivity index (χ4v) is 1.65. The maximum atomic E-state index is 11.7. The van der Waals surface area contributed by atoms with Crippen LogP contribution in [0.3, 0.4) is 0 Å². The standard InChI is InChI=1S/C10H10N6O2/c1-6(8-14-12-5-15(8)2)16-4-7(3-11)9(17)13-10(16)18/h4-6H,1-2H3,(H,13,17,18). The Labute approximate surface area is 101 Å². The normalized spacial score (nSPS) is 12.1. The van der Waals surface area contributed by atoms with Crippen molar-refractivity contribution in [2.45, 2.75) is 13.0 Å². The van der Waals surface area contributed by atoms with Crippen molar-refractivity contribution in [3.63, 3.8) is 0 Å². The highest BCUT2D eigenvalue weighted by Crippen LogP contribution is 2.11. The molecule has 2 aromatic heterocycles. The van der Waals surface area contributed by atoms with Gasteiger partial charge in [-0.05, 0) is 6.92 Å². The summed E-state index contributed by atoms with van der Waals surface area (Å²) in [6.45, 7) is 1.73. The van der Waals surface area contributed by atoms with E-state index in [0.29, 0.717) is 5.82 Å². The second-order valence-corrected chi connectivity index (χ2v) is 3.80. The van der Waals surface area contributed by atoms with Gasteiger partial charge in [0.05, 0.1) is 6.04 Å². The molecule has 0 aliphatic heterocycles. The minimum atomic E-state index is -0.691. The van der Waals surface area contributed by atoms with E-state index in [1.165, 1.54) is 17.1 Å². The number of hydrogen-bond donors (Lipinski definition) is 1. The number of aromatic amines is 1. The van der Waals surface area contributed by atoms with Crippen molar-refractivity contribution in [1.29, 1.82) is 5.26 Å². The summed E-state index contributed by atoms with van der Waals surface area (Å²) in [6, 6.07) is 1.30. The minimum Gasteiger partial charge on any atom is -0.319 e. The van der Waals surface area contributed by atoms with E-state index in [1.54, 1.807) is 24.6 Å². The maximum absolute atomic E-state index is 11.7. The molecule has 0 radical (unpaired) electrons. The van der Waals surface area contributed by atoms with E-state index >= 15 is 0 Å². The first-order valence-electron chi connectivity index (χ1n) is 5.14. The van der Waals surface area contributed by atoms with Crippen LogP contribution in [0.2, 0.25) is 0 Å². The lowest BCUT2D eigenvalue weighted by atomic mass is 10.3. The van der Waals surface area contributed by atoms with Crippen LogP contribution in [0.25, 0.3) is 0 Å². The lowest BCUT2D eigenvalue weighted by molar-refractivity contribution is 0.542. The van der Waals surface area contributed by atoms with Gasteiger partial charge in [0.1, 0.15) is 18.0 Å². The van der Waals surface area contributed by atoms with Gasteiger partial charge in [-0.3, -0.25) is 14.3 Å². The largest absolute Gasteiger partial charge is 0.329 e. The van der Waals surface area contributed by atoms with Crippen LogP contribution >= 0.6 is 0 Å². The molecule has 92 valence electrons. The molecule has 0 saturated heterocycles. The monoisotopic (exact) mass is 246 g/mol. The Morgan fingerprint density at radius 2 is 2.22 bits per heavy atom. The van der Waals surface area contributed by atoms with E-state index in [2.05, 4.69) is 15.2 Å². The van der Waals surface area contributed by atoms with Crippen LogP contribution in [0.4, 0.5) is 0 Å². The van der Waals surface area contributed by atoms with E-state index in [4.69, 9.17) is 5.26 Å². The summed E-state index contributed by atoms with van der Waals surface area (Å²) in [5, 5.41) is 16.4. The third-order valence-corrected chi connectivity index (χ3v) is 2.63. The SMILES string of the molecule is CC(c1nncn1C)n1cc(C#N)c(=O)[nH]c1=O. The van der Waals surface area contributed by atoms with Gasteiger partial charge in [0.15, 0.2) is 5.82 Å². The summed E-state index contributed by atoms with van der Waals surface area (Å²) in [5.41, 5.74) is -1.40. The smallest absolute Gasteiger partial charge is 0.319 e. The van der Waals surface area contributed by atoms with Crippen molar-refractivity contribution in [1.82, 2.24) is 24.3 Å². The van der Waals surface area contributed by atoms with Crippen LogP contribution in [0.15, 0.2) is 22.1 Å². The molecule has 1 unspecified atom stereocenters. The second kappa shape index (κ2) is 4.29. The van der Waals surface area contributed by atoms with Crippen molar-refractivity contribution in [3.05, 3.63) is 44.8 Å². The third-order valence-electron chi connectivity index (χ3n) is 2.63. The van der Waals surface area contributed by atoms with E-state index in [1.807, 2.05) is 0 Å². The quantitative estimate of drug-likeness (QED) is 0.741. The lowest BCUT2D eigenvalue weighted by Crippen LogP contribution is -2.33. The molecule has 8 nitrogen and oxygen atoms in total. The Hall–Kier alpha value is -2.69. The first kappa shape index (κ1) is 11.8. The molecule has 8 heteroatoms. The van der Waals surface area contributed by atoms with Gasteiger partial charge < -0.3 is 4.57 Å². The number of aromatic nitrogens is 5. The fraction of sp³-hybridized carbons (Fsp3) is 0.300. The Balaban J connectivity index is 2.59. The predicted octanol–water partition coefficient (Wildman–Crippen LogP) is -0.854. The molecular weight excluding hydrogens is 236 g/mol. The van der Waals surface area contributed by atoms with Gasteiger partial charge in [-0.15, -0.1) is 10.2 Å². The van der Waals surface area contributed by atoms with Crippen LogP contribution in [-0.4, -0.2) is 24.3 Å². The molecule has 1 atom stereocenters. The summed E-state index contributed by atoms with van der Waals surface area (Å²) >= 11 is 0. The summed E-state index contributed by atoms with van der Waals surface area (Å²) in [6.07, 6.45) is 2.73. The topological polar surface area (TPSA) is 109 Å². The molecule has 2 rings (SSSR count). The van der Waals surface area contributed by atoms with E-state index in [9.17, 15) is 9.59 Å². The van der Waals surface area contributed by atoms with Gasteiger partial charge in [0.2, 0.25) is 0 Å². The average molecular weight is 246 g/mol. The Bertz CT molecular complexity index is 732. The molecule has 0 bridgehead atoms. The van der Waals surface area contributed by atoms with Gasteiger partial charge in [-0.25, -0.2) is 4.79 Å². The Kier molecular flexibility index (Phi) is 2.81. The van der Waals surface area contributed by atoms with Crippen LogP contribution in [0.5, 0.6) is 0 Å². The number of rotatable bonds is 2. The molecule has 0 amide bonds. The predicted molar refractivity (Wildman–Crippen MR) is 60.9 cm³/mol. The summed E-state index contributed by atoms with van der Waals surface area (Å²) < 4.78 is 2.90. The van der Waals surface area contributed by atoms with Crippen LogP contribution in [0.1, 0.15) is 24.4 Å². The van der Waals surface area contributed by atoms with E-state index in [-0.39, 0.29) is 5.56 Å². The van der Waals surface area contributed by atoms with E-state index < -0.39 is 17.3 Å². The van der Waals surface area contributed by atoms with Crippen molar-refractivity contribution >= 4 is 0 Å². The zero-order valence-electron chi connectivity index (χ0n) is 9.78. The van der Waals surface area contributed by atoms with Gasteiger partial charge in [0.25, 0.3) is 5.56 Å². The van der Waals surface area contributed by atoms with Crippen molar-refractivity contribution in [2.24, 2.45) is 7.05 Å². The molecule has 2 heterocycles. The molecule has 0 aliphatic carbocycles. The molecule has 0 saturated carbocycles. The average Bonchev–Trinajstić information content (AvgIpc) is 2.75. The van der Waals surface area contributed by atoms with Gasteiger partial charge in [-0.2, -0.15) is 5.26 Å². The number of nitrogens with zero attached hydrogens (tertiary/aromatic N) is 5. The first-order valence-corrected chi connectivity index (χ1v) is 5.14. The van der Waals surface area contributed by atoms with Crippen LogP contribution < -0.4 is 11.2 Å². The Morgan fingerprint density at radius 1 is 1.50 bits per heavy atom. The number of aryl methyl sites for hydroxylation is 1. The highest BCUT2D eigenvalue weighted by atomic mass is 16.2. The number of hydrogen-bond acceptors (Lipinski definition) is 5. The number of H-pyrrole nitrogens is 1. The molecule has 18 heavy (non-hydrogen) atoms. The third kappa shape index (κ3) is 1.82. The van der Waals surface area contributed by atoms with Crippen LogP contribution in [0, 0.1) is 11.3 Å². The molecule has 0 fully saturated rings. The Morgan fingerprint density at radius 3 is 2.78 bits per heavy atom. The molecule has 0 aliphatic rings. The second-order valence-electron chi connectivity index (χ2n) is 3.80. The zero-order chi connectivity index (χ0) is 13.3. The minimum absolute atomic E-state index is 0.122. The lowest BCUT2D eigenvalue weighted by Gasteiger charge is -2.13. The maximum Gasteiger partial charge on any atom is 0.329 e. The van der Waals surface area contributed by atoms with Gasteiger partial charge in [-0.1, -0.05) is 0 Å². The van der Waals surface area contributed by atoms with Crippen molar-refractivity contribution in [2.75, 3.05) is 0 Å². The van der Waals surface area contributed by atoms with Gasteiger partial charge >= 0.3 is 5.69 Å². The van der Waals surface area contributed by atoms with Crippen molar-refractivity contribution < 1.29 is 0 Å². The number of nitriles is 1. The molecule has 0 spiro atoms. The first-order chi connectivity index (χ1) is 8.54. The zero-order valence-corrected chi connectivity index (χ0v) is 9.78.